The van der Waals surface area contributed by atoms with Gasteiger partial charge in [0.25, 0.3) is 0 Å². The summed E-state index contributed by atoms with van der Waals surface area (Å²) in [5, 5.41) is 12.8. The number of rotatable bonds is 7. The number of methoxy groups -OCH3 is 1. The number of aromatic hydroxyl groups is 1. The molecule has 0 aliphatic rings. The van der Waals surface area contributed by atoms with Crippen molar-refractivity contribution in [3.05, 3.63) is 65.2 Å². The fourth-order valence-electron chi connectivity index (χ4n) is 2.35. The van der Waals surface area contributed by atoms with Crippen LogP contribution >= 0.6 is 0 Å². The largest absolute Gasteiger partial charge is 0.508 e. The highest BCUT2D eigenvalue weighted by Gasteiger charge is 2.04. The summed E-state index contributed by atoms with van der Waals surface area (Å²) in [6.45, 7) is 3.67. The standard InChI is InChI=1S/C18H23NO2/c1-14(10-15-6-8-18(20)9-7-15)19-12-16-4-3-5-17(11-16)13-21-2/h3-9,11,14,19-20H,10,12-13H2,1-2H3. The second-order valence-electron chi connectivity index (χ2n) is 5.41. The minimum atomic E-state index is 0.314. The Morgan fingerprint density at radius 3 is 2.48 bits per heavy atom. The van der Waals surface area contributed by atoms with E-state index in [9.17, 15) is 5.11 Å². The van der Waals surface area contributed by atoms with E-state index in [1.807, 2.05) is 12.1 Å². The summed E-state index contributed by atoms with van der Waals surface area (Å²) in [6.07, 6.45) is 0.943. The lowest BCUT2D eigenvalue weighted by atomic mass is 10.1. The first-order valence-corrected chi connectivity index (χ1v) is 7.25. The van der Waals surface area contributed by atoms with Gasteiger partial charge in [-0.25, -0.2) is 0 Å². The number of benzene rings is 2. The average Bonchev–Trinajstić information content (AvgIpc) is 2.48. The highest BCUT2D eigenvalue weighted by atomic mass is 16.5. The highest BCUT2D eigenvalue weighted by Crippen LogP contribution is 2.12. The van der Waals surface area contributed by atoms with Crippen molar-refractivity contribution in [3.8, 4) is 5.75 Å². The van der Waals surface area contributed by atoms with Crippen LogP contribution in [0.1, 0.15) is 23.6 Å². The zero-order valence-corrected chi connectivity index (χ0v) is 12.7. The Morgan fingerprint density at radius 2 is 1.76 bits per heavy atom. The van der Waals surface area contributed by atoms with Crippen LogP contribution in [0.15, 0.2) is 48.5 Å². The molecular weight excluding hydrogens is 262 g/mol. The molecular formula is C18H23NO2. The molecule has 1 unspecified atom stereocenters. The minimum absolute atomic E-state index is 0.314. The van der Waals surface area contributed by atoms with Crippen LogP contribution in [0, 0.1) is 0 Å². The molecule has 2 N–H and O–H groups in total. The summed E-state index contributed by atoms with van der Waals surface area (Å²) in [6, 6.07) is 16.2. The summed E-state index contributed by atoms with van der Waals surface area (Å²) in [4.78, 5) is 0. The van der Waals surface area contributed by atoms with E-state index in [4.69, 9.17) is 4.74 Å². The molecule has 0 radical (unpaired) electrons. The number of hydrogen-bond donors (Lipinski definition) is 2. The molecule has 2 aromatic rings. The van der Waals surface area contributed by atoms with Gasteiger partial charge in [0.05, 0.1) is 6.61 Å². The molecule has 1 atom stereocenters. The molecule has 112 valence electrons. The molecule has 0 bridgehead atoms. The number of ether oxygens (including phenoxy) is 1. The molecule has 3 nitrogen and oxygen atoms in total. The number of hydrogen-bond acceptors (Lipinski definition) is 3. The third kappa shape index (κ3) is 5.21. The van der Waals surface area contributed by atoms with E-state index in [0.717, 1.165) is 13.0 Å². The molecule has 2 rings (SSSR count). The summed E-state index contributed by atoms with van der Waals surface area (Å²) in [7, 11) is 1.71. The summed E-state index contributed by atoms with van der Waals surface area (Å²) in [5.41, 5.74) is 3.69. The first-order chi connectivity index (χ1) is 10.2. The van der Waals surface area contributed by atoms with Crippen molar-refractivity contribution in [2.24, 2.45) is 0 Å². The Hall–Kier alpha value is -1.84. The molecule has 0 saturated heterocycles. The van der Waals surface area contributed by atoms with Crippen LogP contribution in [0.25, 0.3) is 0 Å². The topological polar surface area (TPSA) is 41.5 Å². The third-order valence-corrected chi connectivity index (χ3v) is 3.44. The van der Waals surface area contributed by atoms with Crippen molar-refractivity contribution in [1.82, 2.24) is 5.32 Å². The summed E-state index contributed by atoms with van der Waals surface area (Å²) < 4.78 is 5.16. The average molecular weight is 285 g/mol. The van der Waals surface area contributed by atoms with Gasteiger partial charge in [0.2, 0.25) is 0 Å². The molecule has 21 heavy (non-hydrogen) atoms. The van der Waals surface area contributed by atoms with E-state index >= 15 is 0 Å². The van der Waals surface area contributed by atoms with Crippen LogP contribution in [-0.2, 0) is 24.3 Å². The van der Waals surface area contributed by atoms with Gasteiger partial charge in [-0.1, -0.05) is 36.4 Å². The normalized spacial score (nSPS) is 12.3. The van der Waals surface area contributed by atoms with E-state index in [2.05, 4.69) is 36.5 Å². The van der Waals surface area contributed by atoms with Gasteiger partial charge >= 0.3 is 0 Å². The van der Waals surface area contributed by atoms with Crippen molar-refractivity contribution in [2.45, 2.75) is 32.5 Å². The predicted molar refractivity (Wildman–Crippen MR) is 85.3 cm³/mol. The van der Waals surface area contributed by atoms with Crippen LogP contribution in [0.2, 0.25) is 0 Å². The fraction of sp³-hybridized carbons (Fsp3) is 0.333. The second-order valence-corrected chi connectivity index (χ2v) is 5.41. The van der Waals surface area contributed by atoms with Crippen molar-refractivity contribution >= 4 is 0 Å². The number of phenolic OH excluding ortho intramolecular Hbond substituents is 1. The number of nitrogens with one attached hydrogen (secondary N) is 1. The summed E-state index contributed by atoms with van der Waals surface area (Å²) in [5.74, 6) is 0.314. The minimum Gasteiger partial charge on any atom is -0.508 e. The first-order valence-electron chi connectivity index (χ1n) is 7.25. The fourth-order valence-corrected chi connectivity index (χ4v) is 2.35. The van der Waals surface area contributed by atoms with Crippen LogP contribution in [-0.4, -0.2) is 18.3 Å². The maximum absolute atomic E-state index is 9.29. The number of phenols is 1. The van der Waals surface area contributed by atoms with E-state index in [0.29, 0.717) is 18.4 Å². The second kappa shape index (κ2) is 7.81. The van der Waals surface area contributed by atoms with Gasteiger partial charge in [0.1, 0.15) is 5.75 Å². The van der Waals surface area contributed by atoms with Gasteiger partial charge in [0, 0.05) is 19.7 Å². The van der Waals surface area contributed by atoms with Crippen molar-refractivity contribution in [2.75, 3.05) is 7.11 Å². The maximum Gasteiger partial charge on any atom is 0.115 e. The molecule has 3 heteroatoms. The zero-order chi connectivity index (χ0) is 15.1. The van der Waals surface area contributed by atoms with Crippen molar-refractivity contribution < 1.29 is 9.84 Å². The lowest BCUT2D eigenvalue weighted by Crippen LogP contribution is -2.27. The van der Waals surface area contributed by atoms with E-state index in [1.165, 1.54) is 16.7 Å². The maximum atomic E-state index is 9.29. The van der Waals surface area contributed by atoms with Gasteiger partial charge in [-0.2, -0.15) is 0 Å². The molecule has 2 aromatic carbocycles. The lowest BCUT2D eigenvalue weighted by molar-refractivity contribution is 0.185. The Balaban J connectivity index is 1.84. The molecule has 0 aliphatic carbocycles. The van der Waals surface area contributed by atoms with Crippen LogP contribution in [0.3, 0.4) is 0 Å². The van der Waals surface area contributed by atoms with Crippen molar-refractivity contribution in [1.29, 1.82) is 0 Å². The van der Waals surface area contributed by atoms with E-state index < -0.39 is 0 Å². The SMILES string of the molecule is COCc1cccc(CNC(C)Cc2ccc(O)cc2)c1. The zero-order valence-electron chi connectivity index (χ0n) is 12.7. The van der Waals surface area contributed by atoms with Gasteiger partial charge in [0.15, 0.2) is 0 Å². The molecule has 0 amide bonds. The van der Waals surface area contributed by atoms with Gasteiger partial charge in [-0.05, 0) is 42.2 Å². The molecule has 0 aromatic heterocycles. The predicted octanol–water partition coefficient (Wildman–Crippen LogP) is 3.26. The molecule has 0 saturated carbocycles. The quantitative estimate of drug-likeness (QED) is 0.820. The van der Waals surface area contributed by atoms with E-state index in [-0.39, 0.29) is 0 Å². The van der Waals surface area contributed by atoms with Gasteiger partial charge < -0.3 is 15.2 Å². The Bertz CT molecular complexity index is 551. The third-order valence-electron chi connectivity index (χ3n) is 3.44. The molecule has 0 spiro atoms. The van der Waals surface area contributed by atoms with Crippen LogP contribution in [0.4, 0.5) is 0 Å². The first kappa shape index (κ1) is 15.5. The van der Waals surface area contributed by atoms with Crippen LogP contribution < -0.4 is 5.32 Å². The highest BCUT2D eigenvalue weighted by molar-refractivity contribution is 5.26. The molecule has 0 fully saturated rings. The molecule has 0 aliphatic heterocycles. The smallest absolute Gasteiger partial charge is 0.115 e. The van der Waals surface area contributed by atoms with Crippen molar-refractivity contribution in [3.63, 3.8) is 0 Å². The van der Waals surface area contributed by atoms with Gasteiger partial charge in [-0.15, -0.1) is 0 Å². The lowest BCUT2D eigenvalue weighted by Gasteiger charge is -2.14. The monoisotopic (exact) mass is 285 g/mol. The van der Waals surface area contributed by atoms with Crippen LogP contribution in [0.5, 0.6) is 5.75 Å². The Kier molecular flexibility index (Phi) is 5.78. The van der Waals surface area contributed by atoms with E-state index in [1.54, 1.807) is 19.2 Å². The Labute approximate surface area is 126 Å². The summed E-state index contributed by atoms with van der Waals surface area (Å²) >= 11 is 0. The molecule has 0 heterocycles. The van der Waals surface area contributed by atoms with Gasteiger partial charge in [-0.3, -0.25) is 0 Å². The Morgan fingerprint density at radius 1 is 1.05 bits per heavy atom.